The van der Waals surface area contributed by atoms with Crippen molar-refractivity contribution in [3.05, 3.63) is 35.4 Å². The highest BCUT2D eigenvalue weighted by molar-refractivity contribution is 7.88. The first kappa shape index (κ1) is 17.1. The number of nitrogens with one attached hydrogen (secondary N) is 2. The maximum Gasteiger partial charge on any atom is 0.215 e. The van der Waals surface area contributed by atoms with E-state index >= 15 is 0 Å². The van der Waals surface area contributed by atoms with Gasteiger partial charge in [-0.05, 0) is 24.1 Å². The van der Waals surface area contributed by atoms with Crippen LogP contribution >= 0.6 is 0 Å². The quantitative estimate of drug-likeness (QED) is 0.652. The molecule has 114 valence electrons. The van der Waals surface area contributed by atoms with E-state index in [9.17, 15) is 8.42 Å². The van der Waals surface area contributed by atoms with Crippen molar-refractivity contribution in [2.24, 2.45) is 0 Å². The Balaban J connectivity index is 2.53. The fourth-order valence-corrected chi connectivity index (χ4v) is 3.15. The molecule has 1 rings (SSSR count). The average molecular weight is 298 g/mol. The van der Waals surface area contributed by atoms with Gasteiger partial charge in [0.25, 0.3) is 0 Å². The summed E-state index contributed by atoms with van der Waals surface area (Å²) in [4.78, 5) is 0. The third-order valence-electron chi connectivity index (χ3n) is 3.03. The molecule has 0 heterocycles. The molecule has 0 aliphatic rings. The van der Waals surface area contributed by atoms with Gasteiger partial charge in [-0.1, -0.05) is 51.0 Å². The van der Waals surface area contributed by atoms with Gasteiger partial charge in [0.1, 0.15) is 0 Å². The first-order valence-corrected chi connectivity index (χ1v) is 8.98. The standard InChI is InChI=1S/C15H26N2O2S/c1-3-5-6-10-17-20(18,19)13-15-9-7-8-14(11-15)12-16-4-2/h7-9,11,16-17H,3-6,10,12-13H2,1-2H3. The molecule has 0 bridgehead atoms. The van der Waals surface area contributed by atoms with Gasteiger partial charge in [-0.15, -0.1) is 0 Å². The van der Waals surface area contributed by atoms with Gasteiger partial charge in [-0.2, -0.15) is 0 Å². The Morgan fingerprint density at radius 1 is 1.10 bits per heavy atom. The number of unbranched alkanes of at least 4 members (excludes halogenated alkanes) is 2. The van der Waals surface area contributed by atoms with Crippen molar-refractivity contribution < 1.29 is 8.42 Å². The molecule has 4 nitrogen and oxygen atoms in total. The maximum absolute atomic E-state index is 12.0. The van der Waals surface area contributed by atoms with Crippen molar-refractivity contribution in [1.29, 1.82) is 0 Å². The van der Waals surface area contributed by atoms with Crippen LogP contribution in [0.25, 0.3) is 0 Å². The Morgan fingerprint density at radius 3 is 2.55 bits per heavy atom. The van der Waals surface area contributed by atoms with E-state index in [1.807, 2.05) is 24.3 Å². The van der Waals surface area contributed by atoms with Gasteiger partial charge in [-0.3, -0.25) is 0 Å². The predicted molar refractivity (Wildman–Crippen MR) is 84.0 cm³/mol. The van der Waals surface area contributed by atoms with Gasteiger partial charge >= 0.3 is 0 Å². The molecule has 0 aromatic heterocycles. The van der Waals surface area contributed by atoms with Crippen LogP contribution in [0, 0.1) is 0 Å². The van der Waals surface area contributed by atoms with E-state index in [4.69, 9.17) is 0 Å². The molecule has 0 amide bonds. The molecule has 0 saturated heterocycles. The van der Waals surface area contributed by atoms with Crippen LogP contribution < -0.4 is 10.0 Å². The molecule has 20 heavy (non-hydrogen) atoms. The Bertz CT molecular complexity index is 486. The lowest BCUT2D eigenvalue weighted by atomic mass is 10.1. The molecule has 0 fully saturated rings. The van der Waals surface area contributed by atoms with Gasteiger partial charge in [0.15, 0.2) is 0 Å². The number of rotatable bonds is 10. The highest BCUT2D eigenvalue weighted by Crippen LogP contribution is 2.09. The maximum atomic E-state index is 12.0. The van der Waals surface area contributed by atoms with Crippen molar-refractivity contribution in [1.82, 2.24) is 10.0 Å². The second-order valence-electron chi connectivity index (χ2n) is 4.96. The van der Waals surface area contributed by atoms with E-state index in [1.165, 1.54) is 0 Å². The Hall–Kier alpha value is -0.910. The molecule has 0 aliphatic heterocycles. The Morgan fingerprint density at radius 2 is 1.85 bits per heavy atom. The third-order valence-corrected chi connectivity index (χ3v) is 4.39. The van der Waals surface area contributed by atoms with Crippen LogP contribution in [-0.2, 0) is 22.3 Å². The smallest absolute Gasteiger partial charge is 0.215 e. The second kappa shape index (κ2) is 9.10. The molecule has 0 unspecified atom stereocenters. The molecule has 0 atom stereocenters. The van der Waals surface area contributed by atoms with Crippen LogP contribution in [0.15, 0.2) is 24.3 Å². The van der Waals surface area contributed by atoms with Crippen LogP contribution in [0.3, 0.4) is 0 Å². The molecule has 5 heteroatoms. The summed E-state index contributed by atoms with van der Waals surface area (Å²) in [6.45, 7) is 6.36. The van der Waals surface area contributed by atoms with E-state index in [0.717, 1.165) is 43.5 Å². The van der Waals surface area contributed by atoms with Crippen molar-refractivity contribution in [2.45, 2.75) is 45.4 Å². The number of benzene rings is 1. The zero-order valence-electron chi connectivity index (χ0n) is 12.5. The molecule has 0 spiro atoms. The second-order valence-corrected chi connectivity index (χ2v) is 6.77. The molecule has 0 saturated carbocycles. The fraction of sp³-hybridized carbons (Fsp3) is 0.600. The van der Waals surface area contributed by atoms with E-state index in [0.29, 0.717) is 6.54 Å². The van der Waals surface area contributed by atoms with Crippen LogP contribution in [0.4, 0.5) is 0 Å². The molecule has 1 aromatic carbocycles. The number of sulfonamides is 1. The van der Waals surface area contributed by atoms with Crippen molar-refractivity contribution in [3.63, 3.8) is 0 Å². The van der Waals surface area contributed by atoms with Crippen LogP contribution in [-0.4, -0.2) is 21.5 Å². The summed E-state index contributed by atoms with van der Waals surface area (Å²) in [6, 6.07) is 7.73. The van der Waals surface area contributed by atoms with Gasteiger partial charge in [-0.25, -0.2) is 13.1 Å². The van der Waals surface area contributed by atoms with Crippen LogP contribution in [0.2, 0.25) is 0 Å². The minimum Gasteiger partial charge on any atom is -0.313 e. The lowest BCUT2D eigenvalue weighted by Gasteiger charge is -2.08. The van der Waals surface area contributed by atoms with E-state index in [2.05, 4.69) is 23.9 Å². The lowest BCUT2D eigenvalue weighted by molar-refractivity contribution is 0.575. The number of hydrogen-bond donors (Lipinski definition) is 2. The van der Waals surface area contributed by atoms with E-state index < -0.39 is 10.0 Å². The minimum atomic E-state index is -3.22. The normalized spacial score (nSPS) is 11.7. The summed E-state index contributed by atoms with van der Waals surface area (Å²) in [5, 5.41) is 3.24. The van der Waals surface area contributed by atoms with Crippen molar-refractivity contribution in [3.8, 4) is 0 Å². The molecule has 2 N–H and O–H groups in total. The van der Waals surface area contributed by atoms with E-state index in [-0.39, 0.29) is 5.75 Å². The summed E-state index contributed by atoms with van der Waals surface area (Å²) < 4.78 is 26.6. The zero-order valence-corrected chi connectivity index (χ0v) is 13.3. The average Bonchev–Trinajstić information content (AvgIpc) is 2.41. The molecular weight excluding hydrogens is 272 g/mol. The summed E-state index contributed by atoms with van der Waals surface area (Å²) in [6.07, 6.45) is 3.05. The third kappa shape index (κ3) is 7.03. The van der Waals surface area contributed by atoms with Gasteiger partial charge < -0.3 is 5.32 Å². The largest absolute Gasteiger partial charge is 0.313 e. The van der Waals surface area contributed by atoms with Gasteiger partial charge in [0.2, 0.25) is 10.0 Å². The molecule has 0 radical (unpaired) electrons. The van der Waals surface area contributed by atoms with Crippen molar-refractivity contribution in [2.75, 3.05) is 13.1 Å². The van der Waals surface area contributed by atoms with Gasteiger partial charge in [0, 0.05) is 13.1 Å². The monoisotopic (exact) mass is 298 g/mol. The zero-order chi connectivity index (χ0) is 14.8. The Labute approximate surface area is 123 Å². The minimum absolute atomic E-state index is 0.0547. The molecule has 1 aromatic rings. The van der Waals surface area contributed by atoms with Crippen molar-refractivity contribution >= 4 is 10.0 Å². The van der Waals surface area contributed by atoms with Crippen LogP contribution in [0.1, 0.15) is 44.2 Å². The summed E-state index contributed by atoms with van der Waals surface area (Å²) in [5.74, 6) is 0.0547. The molecule has 0 aliphatic carbocycles. The summed E-state index contributed by atoms with van der Waals surface area (Å²) >= 11 is 0. The first-order valence-electron chi connectivity index (χ1n) is 7.33. The summed E-state index contributed by atoms with van der Waals surface area (Å²) in [7, 11) is -3.22. The summed E-state index contributed by atoms with van der Waals surface area (Å²) in [5.41, 5.74) is 1.95. The first-order chi connectivity index (χ1) is 9.57. The highest BCUT2D eigenvalue weighted by atomic mass is 32.2. The predicted octanol–water partition coefficient (Wildman–Crippen LogP) is 2.41. The molecular formula is C15H26N2O2S. The Kier molecular flexibility index (Phi) is 7.80. The van der Waals surface area contributed by atoms with E-state index in [1.54, 1.807) is 0 Å². The van der Waals surface area contributed by atoms with Crippen LogP contribution in [0.5, 0.6) is 0 Å². The lowest BCUT2D eigenvalue weighted by Crippen LogP contribution is -2.26. The fourth-order valence-electron chi connectivity index (χ4n) is 1.97. The number of hydrogen-bond acceptors (Lipinski definition) is 3. The SMILES string of the molecule is CCCCCNS(=O)(=O)Cc1cccc(CNCC)c1. The topological polar surface area (TPSA) is 58.2 Å². The van der Waals surface area contributed by atoms with Gasteiger partial charge in [0.05, 0.1) is 5.75 Å². The highest BCUT2D eigenvalue weighted by Gasteiger charge is 2.10.